The van der Waals surface area contributed by atoms with Crippen molar-refractivity contribution < 1.29 is 0 Å². The van der Waals surface area contributed by atoms with Gasteiger partial charge in [-0.3, -0.25) is 0 Å². The van der Waals surface area contributed by atoms with Crippen molar-refractivity contribution in [3.8, 4) is 0 Å². The first kappa shape index (κ1) is 24.4. The smallest absolute Gasteiger partial charge is 0.0180 e. The molecule has 2 N–H and O–H groups in total. The van der Waals surface area contributed by atoms with Crippen LogP contribution in [-0.4, -0.2) is 0 Å². The predicted molar refractivity (Wildman–Crippen MR) is 140 cm³/mol. The topological polar surface area (TPSA) is 26.0 Å². The van der Waals surface area contributed by atoms with Gasteiger partial charge in [0.25, 0.3) is 0 Å². The quantitative estimate of drug-likeness (QED) is 0.457. The number of hydrogen-bond donors (Lipinski definition) is 1. The van der Waals surface area contributed by atoms with E-state index in [4.69, 9.17) is 5.73 Å². The van der Waals surface area contributed by atoms with Crippen LogP contribution in [0.1, 0.15) is 68.0 Å². The van der Waals surface area contributed by atoms with Crippen molar-refractivity contribution in [3.63, 3.8) is 0 Å². The first-order valence-electron chi connectivity index (χ1n) is 10.9. The molecular weight excluding hydrogens is 374 g/mol. The average Bonchev–Trinajstić information content (AvgIpc) is 2.74. The Balaban J connectivity index is 2.58. The number of nitrogens with two attached hydrogens (primary N) is 1. The number of allylic oxidation sites excluding steroid dienone is 8. The van der Waals surface area contributed by atoms with Crippen LogP contribution >= 0.6 is 0 Å². The second-order valence-electron chi connectivity index (χ2n) is 8.55. The van der Waals surface area contributed by atoms with Crippen molar-refractivity contribution in [1.29, 1.82) is 0 Å². The normalized spacial score (nSPS) is 13.5. The summed E-state index contributed by atoms with van der Waals surface area (Å²) in [5.74, 6) is 0. The van der Waals surface area contributed by atoms with Gasteiger partial charge in [-0.15, -0.1) is 0 Å². The highest BCUT2D eigenvalue weighted by Crippen LogP contribution is 2.32. The second-order valence-corrected chi connectivity index (χ2v) is 8.55. The minimum atomic E-state index is 0.542. The minimum absolute atomic E-state index is 0.542. The van der Waals surface area contributed by atoms with Gasteiger partial charge >= 0.3 is 0 Å². The highest BCUT2D eigenvalue weighted by Gasteiger charge is 2.12. The first-order chi connectivity index (χ1) is 14.6. The summed E-state index contributed by atoms with van der Waals surface area (Å²) >= 11 is 0. The molecule has 0 aromatic heterocycles. The molecule has 162 valence electrons. The van der Waals surface area contributed by atoms with Crippen molar-refractivity contribution in [1.82, 2.24) is 0 Å². The van der Waals surface area contributed by atoms with Gasteiger partial charge in [-0.25, -0.2) is 0 Å². The van der Waals surface area contributed by atoms with Crippen molar-refractivity contribution >= 4 is 16.7 Å². The Labute approximate surface area is 189 Å². The van der Waals surface area contributed by atoms with Crippen LogP contribution in [0.15, 0.2) is 78.4 Å². The summed E-state index contributed by atoms with van der Waals surface area (Å²) in [5, 5.41) is 0. The van der Waals surface area contributed by atoms with Crippen molar-refractivity contribution in [2.45, 2.75) is 55.0 Å². The fourth-order valence-corrected chi connectivity index (χ4v) is 3.97. The lowest BCUT2D eigenvalue weighted by atomic mass is 9.88. The molecule has 0 aliphatic heterocycles. The van der Waals surface area contributed by atoms with Gasteiger partial charge in [-0.2, -0.15) is 0 Å². The Morgan fingerprint density at radius 3 is 2.06 bits per heavy atom. The Morgan fingerprint density at radius 1 is 0.871 bits per heavy atom. The van der Waals surface area contributed by atoms with E-state index in [2.05, 4.69) is 97.2 Å². The van der Waals surface area contributed by atoms with Crippen molar-refractivity contribution in [3.05, 3.63) is 112 Å². The summed E-state index contributed by atoms with van der Waals surface area (Å²) in [7, 11) is 0. The zero-order valence-corrected chi connectivity index (χ0v) is 20.3. The highest BCUT2D eigenvalue weighted by molar-refractivity contribution is 5.84. The van der Waals surface area contributed by atoms with Gasteiger partial charge in [0.05, 0.1) is 0 Å². The molecule has 1 heteroatoms. The van der Waals surface area contributed by atoms with Crippen molar-refractivity contribution in [2.75, 3.05) is 0 Å². The zero-order valence-electron chi connectivity index (χ0n) is 20.3. The van der Waals surface area contributed by atoms with Crippen LogP contribution in [0.3, 0.4) is 0 Å². The number of hydrogen-bond acceptors (Lipinski definition) is 1. The van der Waals surface area contributed by atoms with Gasteiger partial charge in [0.1, 0.15) is 0 Å². The van der Waals surface area contributed by atoms with Crippen LogP contribution in [0.2, 0.25) is 0 Å². The Kier molecular flexibility index (Phi) is 8.19. The maximum absolute atomic E-state index is 5.97. The molecule has 0 atom stereocenters. The molecule has 2 rings (SSSR count). The van der Waals surface area contributed by atoms with E-state index >= 15 is 0 Å². The standard InChI is InChI=1S/C30H37N/c1-10-20(4)30(27-12-11-21(5)28(17-27)18-31)25(9)22(6)15-23(7)29-14-13-26(19(2)3)16-24(29)8/h10-17H,1-2,18,31H2,3-9H3/b23-15+,25-22+,30-20+. The van der Waals surface area contributed by atoms with E-state index in [0.29, 0.717) is 6.54 Å². The SMILES string of the molecule is C=C\C(C)=C(/C(C)=C(C)/C=C(\C)c1ccc(C(=C)C)cc1C)c1ccc(C)c(CN)c1. The lowest BCUT2D eigenvalue weighted by Gasteiger charge is -2.17. The molecule has 0 saturated heterocycles. The molecule has 0 spiro atoms. The molecule has 0 unspecified atom stereocenters. The molecule has 1 nitrogen and oxygen atoms in total. The van der Waals surface area contributed by atoms with Crippen LogP contribution in [0.4, 0.5) is 0 Å². The van der Waals surface area contributed by atoms with Gasteiger partial charge in [-0.05, 0) is 116 Å². The maximum Gasteiger partial charge on any atom is 0.0180 e. The maximum atomic E-state index is 5.97. The molecular formula is C30H37N. The second kappa shape index (κ2) is 10.4. The van der Waals surface area contributed by atoms with E-state index in [1.165, 1.54) is 55.7 Å². The molecule has 0 aliphatic rings. The fourth-order valence-electron chi connectivity index (χ4n) is 3.97. The summed E-state index contributed by atoms with van der Waals surface area (Å²) in [4.78, 5) is 0. The molecule has 0 fully saturated rings. The van der Waals surface area contributed by atoms with Gasteiger partial charge in [0.15, 0.2) is 0 Å². The summed E-state index contributed by atoms with van der Waals surface area (Å²) in [5.41, 5.74) is 20.5. The highest BCUT2D eigenvalue weighted by atomic mass is 14.5. The minimum Gasteiger partial charge on any atom is -0.326 e. The fraction of sp³-hybridized carbons (Fsp3) is 0.267. The predicted octanol–water partition coefficient (Wildman–Crippen LogP) is 8.19. The number of benzene rings is 2. The third kappa shape index (κ3) is 5.62. The Hall–Kier alpha value is -2.90. The third-order valence-corrected chi connectivity index (χ3v) is 6.10. The van der Waals surface area contributed by atoms with Crippen LogP contribution in [0.5, 0.6) is 0 Å². The molecule has 0 radical (unpaired) electrons. The van der Waals surface area contributed by atoms with Gasteiger partial charge in [-0.1, -0.05) is 61.2 Å². The van der Waals surface area contributed by atoms with Crippen LogP contribution in [0.25, 0.3) is 16.7 Å². The van der Waals surface area contributed by atoms with E-state index in [0.717, 1.165) is 11.1 Å². The summed E-state index contributed by atoms with van der Waals surface area (Å²) in [6, 6.07) is 13.1. The number of aryl methyl sites for hydroxylation is 2. The number of rotatable bonds is 7. The largest absolute Gasteiger partial charge is 0.326 e. The summed E-state index contributed by atoms with van der Waals surface area (Å²) < 4.78 is 0. The Morgan fingerprint density at radius 2 is 1.52 bits per heavy atom. The van der Waals surface area contributed by atoms with E-state index in [-0.39, 0.29) is 0 Å². The molecule has 0 aliphatic carbocycles. The van der Waals surface area contributed by atoms with Crippen LogP contribution < -0.4 is 5.73 Å². The van der Waals surface area contributed by atoms with E-state index in [1.807, 2.05) is 13.0 Å². The molecule has 2 aromatic rings. The van der Waals surface area contributed by atoms with E-state index in [9.17, 15) is 0 Å². The molecule has 0 bridgehead atoms. The Bertz CT molecular complexity index is 1100. The van der Waals surface area contributed by atoms with Crippen LogP contribution in [0, 0.1) is 13.8 Å². The molecule has 2 aromatic carbocycles. The molecule has 0 amide bonds. The monoisotopic (exact) mass is 411 g/mol. The molecule has 0 saturated carbocycles. The first-order valence-corrected chi connectivity index (χ1v) is 10.9. The van der Waals surface area contributed by atoms with Crippen molar-refractivity contribution in [2.24, 2.45) is 5.73 Å². The van der Waals surface area contributed by atoms with E-state index < -0.39 is 0 Å². The van der Waals surface area contributed by atoms with Gasteiger partial charge < -0.3 is 5.73 Å². The van der Waals surface area contributed by atoms with Crippen LogP contribution in [-0.2, 0) is 6.54 Å². The average molecular weight is 412 g/mol. The third-order valence-electron chi connectivity index (χ3n) is 6.10. The zero-order chi connectivity index (χ0) is 23.3. The van der Waals surface area contributed by atoms with Gasteiger partial charge in [0.2, 0.25) is 0 Å². The molecule has 31 heavy (non-hydrogen) atoms. The molecule has 0 heterocycles. The summed E-state index contributed by atoms with van der Waals surface area (Å²) in [6.07, 6.45) is 4.22. The lowest BCUT2D eigenvalue weighted by Crippen LogP contribution is -2.01. The van der Waals surface area contributed by atoms with Gasteiger partial charge in [0, 0.05) is 6.54 Å². The lowest BCUT2D eigenvalue weighted by molar-refractivity contribution is 1.05. The summed E-state index contributed by atoms with van der Waals surface area (Å²) in [6.45, 7) is 23.6. The van der Waals surface area contributed by atoms with E-state index in [1.54, 1.807) is 0 Å².